The largest absolute Gasteiger partial charge is 1.00 e. The van der Waals surface area contributed by atoms with E-state index >= 15 is 0 Å². The van der Waals surface area contributed by atoms with Crippen LogP contribution in [0.5, 0.6) is 0 Å². The summed E-state index contributed by atoms with van der Waals surface area (Å²) in [5.41, 5.74) is 1.77. The molecule has 0 aliphatic carbocycles. The second-order valence-corrected chi connectivity index (χ2v) is 6.79. The number of benzene rings is 2. The third-order valence-electron chi connectivity index (χ3n) is 4.27. The summed E-state index contributed by atoms with van der Waals surface area (Å²) >= 11 is 0. The van der Waals surface area contributed by atoms with Crippen molar-refractivity contribution < 1.29 is 67.9 Å². The summed E-state index contributed by atoms with van der Waals surface area (Å²) in [6.07, 6.45) is 0.648. The average molecular weight is 511 g/mol. The van der Waals surface area contributed by atoms with Crippen LogP contribution < -0.4 is 18.9 Å². The first-order chi connectivity index (χ1) is 16.1. The first-order valence-corrected chi connectivity index (χ1v) is 10.4. The minimum atomic E-state index is -0.661. The Kier molecular flexibility index (Phi) is 16.9. The number of hydrogen-bond acceptors (Lipinski definition) is 10. The van der Waals surface area contributed by atoms with Gasteiger partial charge in [0.25, 0.3) is 0 Å². The van der Waals surface area contributed by atoms with E-state index in [1.165, 1.54) is 59.8 Å². The summed E-state index contributed by atoms with van der Waals surface area (Å²) in [5.74, 6) is -2.92. The topological polar surface area (TPSA) is 132 Å². The van der Waals surface area contributed by atoms with Gasteiger partial charge in [-0.1, -0.05) is 0 Å². The van der Waals surface area contributed by atoms with Gasteiger partial charge in [-0.3, -0.25) is 0 Å². The third kappa shape index (κ3) is 9.86. The van der Waals surface area contributed by atoms with Gasteiger partial charge in [0.15, 0.2) is 0 Å². The zero-order valence-corrected chi connectivity index (χ0v) is 22.1. The predicted molar refractivity (Wildman–Crippen MR) is 130 cm³/mol. The molecule has 0 heterocycles. The molecule has 0 spiro atoms. The summed E-state index contributed by atoms with van der Waals surface area (Å²) in [7, 11) is 8.73. The van der Waals surface area contributed by atoms with Gasteiger partial charge in [-0.2, -0.15) is 0 Å². The van der Waals surface area contributed by atoms with Crippen molar-refractivity contribution in [3.8, 4) is 0 Å². The molecule has 0 N–H and O–H groups in total. The van der Waals surface area contributed by atoms with Gasteiger partial charge in [0.1, 0.15) is 0 Å². The molecule has 1 atom stereocenters. The smallest absolute Gasteiger partial charge is 1.00 e. The van der Waals surface area contributed by atoms with Crippen molar-refractivity contribution in [3.63, 3.8) is 0 Å². The predicted octanol–water partition coefficient (Wildman–Crippen LogP) is -0.583. The van der Waals surface area contributed by atoms with Crippen LogP contribution in [0.1, 0.15) is 58.8 Å². The van der Waals surface area contributed by atoms with Crippen LogP contribution >= 0.6 is 9.24 Å². The Morgan fingerprint density at radius 1 is 0.556 bits per heavy atom. The summed E-state index contributed by atoms with van der Waals surface area (Å²) in [6.45, 7) is 0. The molecule has 0 amide bonds. The standard InChI is InChI=1S/C12H12O6.C11H13O4P.B.Li.H/c1-16-10(13)7-4-8(11(14)17-2)6-9(5-7)12(15)18-3;1-14-10(12)8-3-7(6-16)4-9(5-8)11(13)15-2;;;/h4-6H,1-3H3;3-5H,6,16H2,1-2H3;;;/q;;;+1;-1. The molecule has 0 aliphatic heterocycles. The Morgan fingerprint density at radius 2 is 0.750 bits per heavy atom. The van der Waals surface area contributed by atoms with Crippen LogP contribution in [0.4, 0.5) is 0 Å². The first kappa shape index (κ1) is 35.0. The molecule has 2 rings (SSSR count). The third-order valence-corrected chi connectivity index (χ3v) is 4.74. The molecule has 0 aromatic heterocycles. The van der Waals surface area contributed by atoms with Crippen LogP contribution in [0.25, 0.3) is 0 Å². The monoisotopic (exact) mass is 511 g/mol. The normalized spacial score (nSPS) is 9.06. The van der Waals surface area contributed by atoms with Crippen molar-refractivity contribution in [1.82, 2.24) is 0 Å². The molecule has 13 heteroatoms. The molecule has 187 valence electrons. The summed E-state index contributed by atoms with van der Waals surface area (Å²) in [5, 5.41) is 0. The van der Waals surface area contributed by atoms with E-state index in [0.29, 0.717) is 17.3 Å². The van der Waals surface area contributed by atoms with Crippen LogP contribution in [0.3, 0.4) is 0 Å². The summed E-state index contributed by atoms with van der Waals surface area (Å²) in [6, 6.07) is 8.68. The quantitative estimate of drug-likeness (QED) is 0.215. The van der Waals surface area contributed by atoms with Gasteiger partial charge >= 0.3 is 48.7 Å². The molecule has 1 unspecified atom stereocenters. The van der Waals surface area contributed by atoms with E-state index in [0.717, 1.165) is 5.56 Å². The van der Waals surface area contributed by atoms with Crippen molar-refractivity contribution in [1.29, 1.82) is 0 Å². The van der Waals surface area contributed by atoms with Crippen molar-refractivity contribution in [2.75, 3.05) is 35.5 Å². The number of carbonyl (C=O) groups is 5. The number of esters is 5. The Morgan fingerprint density at radius 3 is 0.917 bits per heavy atom. The van der Waals surface area contributed by atoms with E-state index in [-0.39, 0.29) is 45.4 Å². The molecule has 10 nitrogen and oxygen atoms in total. The maximum atomic E-state index is 11.4. The molecule has 2 aromatic carbocycles. The number of hydrogen-bond donors (Lipinski definition) is 0. The number of carbonyl (C=O) groups excluding carboxylic acids is 5. The van der Waals surface area contributed by atoms with Crippen molar-refractivity contribution in [2.45, 2.75) is 6.16 Å². The molecule has 0 saturated carbocycles. The second-order valence-electron chi connectivity index (χ2n) is 6.38. The van der Waals surface area contributed by atoms with Gasteiger partial charge in [-0.15, -0.1) is 9.24 Å². The fourth-order valence-corrected chi connectivity index (χ4v) is 2.85. The Hall–Kier alpha value is -3.12. The number of ether oxygens (including phenoxy) is 5. The van der Waals surface area contributed by atoms with Gasteiger partial charge in [-0.25, -0.2) is 24.0 Å². The molecular weight excluding hydrogens is 485 g/mol. The van der Waals surface area contributed by atoms with Crippen LogP contribution in [0.2, 0.25) is 0 Å². The van der Waals surface area contributed by atoms with Gasteiger partial charge < -0.3 is 25.1 Å². The molecular formula is C23H26BLiO10P. The zero-order chi connectivity index (χ0) is 25.8. The molecule has 0 aliphatic rings. The molecule has 2 aromatic rings. The Balaban J connectivity index is -0.000000581. The van der Waals surface area contributed by atoms with Crippen LogP contribution in [0.15, 0.2) is 36.4 Å². The van der Waals surface area contributed by atoms with E-state index in [4.69, 9.17) is 0 Å². The maximum Gasteiger partial charge on any atom is 1.00 e. The maximum absolute atomic E-state index is 11.4. The van der Waals surface area contributed by atoms with E-state index in [9.17, 15) is 24.0 Å². The number of rotatable bonds is 6. The van der Waals surface area contributed by atoms with Gasteiger partial charge in [0, 0.05) is 8.41 Å². The van der Waals surface area contributed by atoms with E-state index < -0.39 is 29.8 Å². The zero-order valence-electron chi connectivity index (χ0n) is 21.9. The molecule has 3 radical (unpaired) electrons. The number of methoxy groups -OCH3 is 5. The van der Waals surface area contributed by atoms with Crippen LogP contribution in [-0.2, 0) is 29.8 Å². The van der Waals surface area contributed by atoms with E-state index in [2.05, 4.69) is 32.9 Å². The molecule has 0 saturated heterocycles. The van der Waals surface area contributed by atoms with Crippen molar-refractivity contribution >= 4 is 47.5 Å². The summed E-state index contributed by atoms with van der Waals surface area (Å²) < 4.78 is 22.8. The Labute approximate surface area is 226 Å². The van der Waals surface area contributed by atoms with Crippen LogP contribution in [0, 0.1) is 0 Å². The van der Waals surface area contributed by atoms with Gasteiger partial charge in [0.2, 0.25) is 0 Å². The van der Waals surface area contributed by atoms with Crippen LogP contribution in [-0.4, -0.2) is 73.8 Å². The molecule has 36 heavy (non-hydrogen) atoms. The van der Waals surface area contributed by atoms with E-state index in [1.54, 1.807) is 12.1 Å². The van der Waals surface area contributed by atoms with Gasteiger partial charge in [-0.05, 0) is 48.1 Å². The Bertz CT molecular complexity index is 979. The SMILES string of the molecule is COC(=O)c1cc(C(=O)OC)cc(C(=O)OC)c1.COC(=O)c1cc(CP)cc(C(=O)OC)c1.[B].[H-].[Li+]. The molecule has 0 bridgehead atoms. The average Bonchev–Trinajstić information content (AvgIpc) is 2.90. The second kappa shape index (κ2) is 17.3. The van der Waals surface area contributed by atoms with Crippen molar-refractivity contribution in [2.24, 2.45) is 0 Å². The summed E-state index contributed by atoms with van der Waals surface area (Å²) in [4.78, 5) is 57.0. The fraction of sp³-hybridized carbons (Fsp3) is 0.261. The first-order valence-electron chi connectivity index (χ1n) is 9.56. The fourth-order valence-electron chi connectivity index (χ4n) is 2.62. The minimum absolute atomic E-state index is 0. The minimum Gasteiger partial charge on any atom is -1.00 e. The molecule has 0 fully saturated rings. The van der Waals surface area contributed by atoms with Crippen molar-refractivity contribution in [3.05, 3.63) is 69.8 Å². The van der Waals surface area contributed by atoms with Gasteiger partial charge in [0.05, 0.1) is 63.4 Å². The van der Waals surface area contributed by atoms with E-state index in [1.807, 2.05) is 0 Å².